The number of rotatable bonds is 0. The van der Waals surface area contributed by atoms with Gasteiger partial charge in [-0.3, -0.25) is 0 Å². The van der Waals surface area contributed by atoms with Crippen LogP contribution in [0.3, 0.4) is 0 Å². The number of nitrogens with one attached hydrogen (secondary N) is 1. The fourth-order valence-electron chi connectivity index (χ4n) is 0.383. The van der Waals surface area contributed by atoms with E-state index in [4.69, 9.17) is 0 Å². The molecule has 0 aliphatic carbocycles. The molecule has 1 atom stereocenters. The van der Waals surface area contributed by atoms with Crippen LogP contribution in [0.2, 0.25) is 0 Å². The summed E-state index contributed by atoms with van der Waals surface area (Å²) >= 11 is 0. The standard InChI is InChI=1S/C4H4F2N2/c5-3-1-2-7-4(6)8-3/h1-2,4,8H. The van der Waals surface area contributed by atoms with Crippen LogP contribution in [0.15, 0.2) is 17.0 Å². The lowest BCUT2D eigenvalue weighted by Gasteiger charge is -2.06. The quantitative estimate of drug-likeness (QED) is 0.466. The maximum atomic E-state index is 11.9. The Balaban J connectivity index is 2.59. The van der Waals surface area contributed by atoms with Gasteiger partial charge in [-0.2, -0.15) is 8.78 Å². The summed E-state index contributed by atoms with van der Waals surface area (Å²) in [5, 5.41) is 1.81. The highest BCUT2D eigenvalue weighted by Gasteiger charge is 2.05. The Labute approximate surface area is 44.9 Å². The van der Waals surface area contributed by atoms with Gasteiger partial charge in [-0.05, 0) is 0 Å². The number of hydrogen-bond acceptors (Lipinski definition) is 2. The average molecular weight is 118 g/mol. The van der Waals surface area contributed by atoms with Gasteiger partial charge < -0.3 is 5.32 Å². The van der Waals surface area contributed by atoms with Crippen molar-refractivity contribution in [3.63, 3.8) is 0 Å². The molecule has 8 heavy (non-hydrogen) atoms. The molecule has 0 aromatic carbocycles. The largest absolute Gasteiger partial charge is 0.314 e. The molecule has 1 aliphatic rings. The number of alkyl halides is 1. The minimum Gasteiger partial charge on any atom is -0.314 e. The summed E-state index contributed by atoms with van der Waals surface area (Å²) in [5.41, 5.74) is 0. The molecule has 0 aromatic heterocycles. The SMILES string of the molecule is FC1=CC=NC(F)N1. The van der Waals surface area contributed by atoms with Crippen molar-refractivity contribution in [2.45, 2.75) is 6.42 Å². The van der Waals surface area contributed by atoms with Crippen molar-refractivity contribution in [1.82, 2.24) is 5.32 Å². The molecule has 1 aliphatic heterocycles. The molecular formula is C4H4F2N2. The van der Waals surface area contributed by atoms with E-state index in [2.05, 4.69) is 4.99 Å². The fourth-order valence-corrected chi connectivity index (χ4v) is 0.383. The van der Waals surface area contributed by atoms with Gasteiger partial charge in [0, 0.05) is 12.3 Å². The lowest BCUT2D eigenvalue weighted by molar-refractivity contribution is 0.281. The topological polar surface area (TPSA) is 24.4 Å². The van der Waals surface area contributed by atoms with E-state index >= 15 is 0 Å². The van der Waals surface area contributed by atoms with Crippen molar-refractivity contribution >= 4 is 6.21 Å². The first-order valence-electron chi connectivity index (χ1n) is 2.08. The van der Waals surface area contributed by atoms with E-state index in [0.29, 0.717) is 0 Å². The zero-order valence-electron chi connectivity index (χ0n) is 3.94. The molecule has 0 radical (unpaired) electrons. The number of halogens is 2. The Hall–Kier alpha value is -0.930. The third kappa shape index (κ3) is 1.02. The molecule has 2 nitrogen and oxygen atoms in total. The van der Waals surface area contributed by atoms with Crippen LogP contribution in [0.4, 0.5) is 8.78 Å². The van der Waals surface area contributed by atoms with Gasteiger partial charge in [0.2, 0.25) is 0 Å². The monoisotopic (exact) mass is 118 g/mol. The summed E-state index contributed by atoms with van der Waals surface area (Å²) in [4.78, 5) is 3.16. The minimum absolute atomic E-state index is 0.687. The Bertz CT molecular complexity index is 141. The lowest BCUT2D eigenvalue weighted by Crippen LogP contribution is -2.22. The van der Waals surface area contributed by atoms with Gasteiger partial charge in [-0.15, -0.1) is 0 Å². The summed E-state index contributed by atoms with van der Waals surface area (Å²) in [7, 11) is 0. The fraction of sp³-hybridized carbons (Fsp3) is 0.250. The van der Waals surface area contributed by atoms with E-state index in [0.717, 1.165) is 12.3 Å². The molecule has 1 rings (SSSR count). The van der Waals surface area contributed by atoms with E-state index in [9.17, 15) is 8.78 Å². The second-order valence-corrected chi connectivity index (χ2v) is 1.29. The predicted molar refractivity (Wildman–Crippen MR) is 25.7 cm³/mol. The number of hydrogen-bond donors (Lipinski definition) is 1. The first-order chi connectivity index (χ1) is 3.79. The van der Waals surface area contributed by atoms with Crippen molar-refractivity contribution in [3.05, 3.63) is 12.0 Å². The van der Waals surface area contributed by atoms with Crippen molar-refractivity contribution < 1.29 is 8.78 Å². The first-order valence-corrected chi connectivity index (χ1v) is 2.08. The average Bonchev–Trinajstić information content (AvgIpc) is 1.64. The van der Waals surface area contributed by atoms with Gasteiger partial charge in [0.1, 0.15) is 0 Å². The molecule has 0 spiro atoms. The molecule has 1 heterocycles. The lowest BCUT2D eigenvalue weighted by atomic mass is 10.6. The summed E-state index contributed by atoms with van der Waals surface area (Å²) in [6.45, 7) is 0. The number of aliphatic imine (C=N–C) groups is 1. The molecule has 1 unspecified atom stereocenters. The third-order valence-electron chi connectivity index (χ3n) is 0.695. The van der Waals surface area contributed by atoms with Crippen LogP contribution >= 0.6 is 0 Å². The molecule has 1 N–H and O–H groups in total. The van der Waals surface area contributed by atoms with Crippen LogP contribution in [-0.2, 0) is 0 Å². The Morgan fingerprint density at radius 2 is 2.50 bits per heavy atom. The predicted octanol–water partition coefficient (Wildman–Crippen LogP) is 0.724. The number of nitrogens with zero attached hydrogens (tertiary/aromatic N) is 1. The smallest absolute Gasteiger partial charge is 0.266 e. The highest BCUT2D eigenvalue weighted by atomic mass is 19.2. The number of allylic oxidation sites excluding steroid dienone is 1. The van der Waals surface area contributed by atoms with E-state index in [1.165, 1.54) is 0 Å². The van der Waals surface area contributed by atoms with Gasteiger partial charge >= 0.3 is 0 Å². The Morgan fingerprint density at radius 3 is 2.88 bits per heavy atom. The van der Waals surface area contributed by atoms with Gasteiger partial charge in [-0.1, -0.05) is 0 Å². The van der Waals surface area contributed by atoms with Gasteiger partial charge in [0.05, 0.1) is 0 Å². The van der Waals surface area contributed by atoms with Crippen LogP contribution in [0.25, 0.3) is 0 Å². The molecule has 0 aromatic rings. The van der Waals surface area contributed by atoms with E-state index in [1.807, 2.05) is 5.32 Å². The Kier molecular flexibility index (Phi) is 1.24. The first kappa shape index (κ1) is 5.21. The summed E-state index contributed by atoms with van der Waals surface area (Å²) in [6.07, 6.45) is 0.520. The van der Waals surface area contributed by atoms with Crippen LogP contribution in [0.5, 0.6) is 0 Å². The van der Waals surface area contributed by atoms with E-state index in [-0.39, 0.29) is 0 Å². The molecule has 0 saturated heterocycles. The minimum atomic E-state index is -1.61. The van der Waals surface area contributed by atoms with E-state index in [1.54, 1.807) is 0 Å². The summed E-state index contributed by atoms with van der Waals surface area (Å²) in [5.74, 6) is -0.687. The molecule has 0 bridgehead atoms. The molecule has 0 fully saturated rings. The maximum absolute atomic E-state index is 11.9. The van der Waals surface area contributed by atoms with Crippen molar-refractivity contribution in [2.75, 3.05) is 0 Å². The van der Waals surface area contributed by atoms with Crippen molar-refractivity contribution in [3.8, 4) is 0 Å². The van der Waals surface area contributed by atoms with Gasteiger partial charge in [0.25, 0.3) is 6.42 Å². The van der Waals surface area contributed by atoms with Crippen LogP contribution in [-0.4, -0.2) is 12.6 Å². The normalized spacial score (nSPS) is 26.8. The second kappa shape index (κ2) is 1.90. The third-order valence-corrected chi connectivity index (χ3v) is 0.695. The highest BCUT2D eigenvalue weighted by molar-refractivity contribution is 5.72. The highest BCUT2D eigenvalue weighted by Crippen LogP contribution is 1.99. The maximum Gasteiger partial charge on any atom is 0.266 e. The molecular weight excluding hydrogens is 114 g/mol. The second-order valence-electron chi connectivity index (χ2n) is 1.29. The van der Waals surface area contributed by atoms with Crippen LogP contribution in [0, 0.1) is 0 Å². The molecule has 0 saturated carbocycles. The van der Waals surface area contributed by atoms with Crippen molar-refractivity contribution in [2.24, 2.45) is 4.99 Å². The van der Waals surface area contributed by atoms with Gasteiger partial charge in [-0.25, -0.2) is 4.99 Å². The zero-order chi connectivity index (χ0) is 5.98. The summed E-state index contributed by atoms with van der Waals surface area (Å²) < 4.78 is 23.7. The van der Waals surface area contributed by atoms with Crippen LogP contribution < -0.4 is 5.32 Å². The van der Waals surface area contributed by atoms with E-state index < -0.39 is 12.4 Å². The Morgan fingerprint density at radius 1 is 1.75 bits per heavy atom. The van der Waals surface area contributed by atoms with Gasteiger partial charge in [0.15, 0.2) is 5.95 Å². The zero-order valence-corrected chi connectivity index (χ0v) is 3.94. The summed E-state index contributed by atoms with van der Waals surface area (Å²) in [6, 6.07) is 0. The molecule has 4 heteroatoms. The van der Waals surface area contributed by atoms with Crippen molar-refractivity contribution in [1.29, 1.82) is 0 Å². The van der Waals surface area contributed by atoms with Crippen LogP contribution in [0.1, 0.15) is 0 Å². The molecule has 44 valence electrons. The molecule has 0 amide bonds.